The van der Waals surface area contributed by atoms with Crippen molar-refractivity contribution in [3.05, 3.63) is 48.1 Å². The van der Waals surface area contributed by atoms with Crippen LogP contribution >= 0.6 is 0 Å². The Morgan fingerprint density at radius 2 is 1.46 bits per heavy atom. The molecule has 1 N–H and O–H groups in total. The molecule has 0 bridgehead atoms. The van der Waals surface area contributed by atoms with Gasteiger partial charge < -0.3 is 5.32 Å². The van der Waals surface area contributed by atoms with Crippen molar-refractivity contribution in [2.75, 3.05) is 0 Å². The molecule has 0 atom stereocenters. The van der Waals surface area contributed by atoms with Gasteiger partial charge in [0.05, 0.1) is 0 Å². The van der Waals surface area contributed by atoms with Crippen molar-refractivity contribution in [2.45, 2.75) is 5.91 Å². The largest absolute Gasteiger partial charge is 0.313 e. The van der Waals surface area contributed by atoms with Crippen molar-refractivity contribution < 1.29 is 0 Å². The number of azide groups is 3. The highest BCUT2D eigenvalue weighted by molar-refractivity contribution is 6.01. The summed E-state index contributed by atoms with van der Waals surface area (Å²) in [5, 5.41) is 22.1. The summed E-state index contributed by atoms with van der Waals surface area (Å²) in [7, 11) is 0. The summed E-state index contributed by atoms with van der Waals surface area (Å²) in [6.45, 7) is 0. The Bertz CT molecular complexity index is 967. The van der Waals surface area contributed by atoms with Crippen LogP contribution < -0.4 is 5.32 Å². The Morgan fingerprint density at radius 1 is 0.808 bits per heavy atom. The van der Waals surface area contributed by atoms with Gasteiger partial charge in [-0.25, -0.2) is 15.0 Å². The van der Waals surface area contributed by atoms with Crippen molar-refractivity contribution in [1.29, 1.82) is 0 Å². The van der Waals surface area contributed by atoms with E-state index in [2.05, 4.69) is 80.6 Å². The van der Waals surface area contributed by atoms with E-state index in [4.69, 9.17) is 22.1 Å². The first kappa shape index (κ1) is 17.3. The SMILES string of the molecule is [N-]=[N+]=NC1=NC(N=[N+]=[N-])(N=[N+]=[N-])N=C(N=Nc2ncnc(N=[N+]=[N-])n2)N1. The van der Waals surface area contributed by atoms with Crippen LogP contribution in [0, 0.1) is 0 Å². The van der Waals surface area contributed by atoms with Crippen LogP contribution in [0.5, 0.6) is 0 Å². The van der Waals surface area contributed by atoms with Gasteiger partial charge in [0.25, 0.3) is 5.95 Å². The molecular weight excluding hydrogens is 352 g/mol. The van der Waals surface area contributed by atoms with Crippen LogP contribution in [0.4, 0.5) is 11.9 Å². The Labute approximate surface area is 140 Å². The van der Waals surface area contributed by atoms with Gasteiger partial charge >= 0.3 is 5.91 Å². The van der Waals surface area contributed by atoms with Crippen molar-refractivity contribution in [3.8, 4) is 0 Å². The minimum atomic E-state index is -2.35. The average Bonchev–Trinajstić information content (AvgIpc) is 2.61. The van der Waals surface area contributed by atoms with E-state index in [0.29, 0.717) is 0 Å². The molecule has 0 radical (unpaired) electrons. The van der Waals surface area contributed by atoms with E-state index in [1.807, 2.05) is 0 Å². The number of nitrogens with zero attached hydrogens (tertiary/aromatic N) is 19. The fraction of sp³-hybridized carbons (Fsp3) is 0.167. The molecule has 0 unspecified atom stereocenters. The minimum absolute atomic E-state index is 0.260. The minimum Gasteiger partial charge on any atom is -0.306 e. The normalized spacial score (nSPS) is 18.0. The van der Waals surface area contributed by atoms with Gasteiger partial charge in [-0.05, 0) is 42.6 Å². The topological polar surface area (TPSA) is 295 Å². The third kappa shape index (κ3) is 4.26. The zero-order valence-electron chi connectivity index (χ0n) is 12.1. The highest BCUT2D eigenvalue weighted by Crippen LogP contribution is 2.22. The molecule has 2 heterocycles. The number of nitrogens with one attached hydrogen (secondary N) is 1. The standard InChI is InChI=1S/C6H2N20/c7-23-19-3-12-1-11-2(13-3)17-18-4-14-5(20-24-8)16-6(15-4,21-25-9)22-26-10/h1H,(H,14,15,16). The third-order valence-corrected chi connectivity index (χ3v) is 2.15. The molecule has 126 valence electrons. The number of hydrogen-bond donors (Lipinski definition) is 1. The maximum atomic E-state index is 8.59. The maximum absolute atomic E-state index is 8.59. The van der Waals surface area contributed by atoms with Crippen LogP contribution in [-0.4, -0.2) is 32.8 Å². The van der Waals surface area contributed by atoms with Crippen LogP contribution in [0.3, 0.4) is 0 Å². The second kappa shape index (κ2) is 8.02. The molecule has 0 amide bonds. The average molecular weight is 354 g/mol. The smallest absolute Gasteiger partial charge is 0.306 e. The summed E-state index contributed by atoms with van der Waals surface area (Å²) < 4.78 is 0. The van der Waals surface area contributed by atoms with E-state index in [1.54, 1.807) is 0 Å². The van der Waals surface area contributed by atoms with Crippen molar-refractivity contribution in [3.63, 3.8) is 0 Å². The summed E-state index contributed by atoms with van der Waals surface area (Å²) in [6.07, 6.45) is 1.01. The maximum Gasteiger partial charge on any atom is 0.313 e. The molecule has 1 aromatic rings. The zero-order valence-corrected chi connectivity index (χ0v) is 12.1. The molecule has 1 aromatic heterocycles. The second-order valence-electron chi connectivity index (χ2n) is 3.64. The number of guanidine groups is 2. The van der Waals surface area contributed by atoms with Crippen LogP contribution in [0.15, 0.2) is 47.0 Å². The molecule has 1 aliphatic heterocycles. The summed E-state index contributed by atoms with van der Waals surface area (Å²) in [6, 6.07) is 0. The van der Waals surface area contributed by atoms with Crippen molar-refractivity contribution >= 4 is 23.8 Å². The molecule has 0 fully saturated rings. The van der Waals surface area contributed by atoms with Gasteiger partial charge in [0.15, 0.2) is 5.96 Å². The van der Waals surface area contributed by atoms with E-state index in [1.165, 1.54) is 0 Å². The Kier molecular flexibility index (Phi) is 5.35. The van der Waals surface area contributed by atoms with Gasteiger partial charge in [0.1, 0.15) is 6.33 Å². The highest BCUT2D eigenvalue weighted by atomic mass is 15.6. The molecular formula is C6H2N20. The van der Waals surface area contributed by atoms with Gasteiger partial charge in [-0.1, -0.05) is 0 Å². The van der Waals surface area contributed by atoms with Gasteiger partial charge in [-0.3, -0.25) is 0 Å². The van der Waals surface area contributed by atoms with E-state index < -0.39 is 17.8 Å². The molecule has 0 aliphatic carbocycles. The molecule has 20 heteroatoms. The van der Waals surface area contributed by atoms with Crippen LogP contribution in [0.2, 0.25) is 0 Å². The molecule has 26 heavy (non-hydrogen) atoms. The Hall–Kier alpha value is -5.01. The lowest BCUT2D eigenvalue weighted by Gasteiger charge is -2.20. The lowest BCUT2D eigenvalue weighted by molar-refractivity contribution is 0.475. The van der Waals surface area contributed by atoms with Gasteiger partial charge in [-0.15, -0.1) is 10.2 Å². The van der Waals surface area contributed by atoms with Gasteiger partial charge in [0, 0.05) is 19.6 Å². The van der Waals surface area contributed by atoms with Gasteiger partial charge in [-0.2, -0.15) is 9.97 Å². The first-order valence-electron chi connectivity index (χ1n) is 5.95. The van der Waals surface area contributed by atoms with Gasteiger partial charge in [0.2, 0.25) is 11.9 Å². The predicted molar refractivity (Wildman–Crippen MR) is 81.3 cm³/mol. The number of rotatable bonds is 4. The third-order valence-electron chi connectivity index (χ3n) is 2.15. The van der Waals surface area contributed by atoms with Crippen molar-refractivity contribution in [2.24, 2.45) is 40.7 Å². The van der Waals surface area contributed by atoms with E-state index in [9.17, 15) is 0 Å². The summed E-state index contributed by atoms with van der Waals surface area (Å²) in [4.78, 5) is 28.0. The molecule has 2 rings (SSSR count). The number of aromatic nitrogens is 3. The summed E-state index contributed by atoms with van der Waals surface area (Å²) in [5.41, 5.74) is 34.0. The molecule has 1 aliphatic rings. The van der Waals surface area contributed by atoms with E-state index in [0.717, 1.165) is 6.33 Å². The van der Waals surface area contributed by atoms with Crippen LogP contribution in [0.1, 0.15) is 0 Å². The van der Waals surface area contributed by atoms with E-state index >= 15 is 0 Å². The number of hydrogen-bond acceptors (Lipinski definition) is 12. The molecule has 0 saturated heterocycles. The van der Waals surface area contributed by atoms with E-state index in [-0.39, 0.29) is 11.9 Å². The van der Waals surface area contributed by atoms with Crippen LogP contribution in [0.25, 0.3) is 41.8 Å². The monoisotopic (exact) mass is 354 g/mol. The molecule has 0 aromatic carbocycles. The summed E-state index contributed by atoms with van der Waals surface area (Å²) in [5.74, 6) is -3.74. The summed E-state index contributed by atoms with van der Waals surface area (Å²) >= 11 is 0. The fourth-order valence-corrected chi connectivity index (χ4v) is 1.34. The van der Waals surface area contributed by atoms with Crippen LogP contribution in [-0.2, 0) is 0 Å². The fourth-order valence-electron chi connectivity index (χ4n) is 1.34. The zero-order chi connectivity index (χ0) is 18.8. The quantitative estimate of drug-likeness (QED) is 0.483. The lowest BCUT2D eigenvalue weighted by Crippen LogP contribution is -2.38. The predicted octanol–water partition coefficient (Wildman–Crippen LogP) is 2.75. The van der Waals surface area contributed by atoms with Crippen molar-refractivity contribution in [1.82, 2.24) is 20.3 Å². The lowest BCUT2D eigenvalue weighted by atomic mass is 10.6. The Balaban J connectivity index is 2.44. The number of azo groups is 1. The first-order valence-corrected chi connectivity index (χ1v) is 5.95. The highest BCUT2D eigenvalue weighted by Gasteiger charge is 2.31. The number of aliphatic imine (C=N–C) groups is 2. The Morgan fingerprint density at radius 3 is 2.12 bits per heavy atom. The first-order chi connectivity index (χ1) is 12.6. The second-order valence-corrected chi connectivity index (χ2v) is 3.64. The molecule has 0 spiro atoms. The molecule has 0 saturated carbocycles. The molecule has 20 nitrogen and oxygen atoms in total.